The predicted molar refractivity (Wildman–Crippen MR) is 55.2 cm³/mol. The zero-order valence-corrected chi connectivity index (χ0v) is 8.80. The van der Waals surface area contributed by atoms with E-state index in [2.05, 4.69) is 0 Å². The number of halogens is 1. The lowest BCUT2D eigenvalue weighted by atomic mass is 9.99. The summed E-state index contributed by atoms with van der Waals surface area (Å²) in [5.74, 6) is 0.521. The lowest BCUT2D eigenvalue weighted by Crippen LogP contribution is -2.11. The van der Waals surface area contributed by atoms with Gasteiger partial charge in [-0.25, -0.2) is 4.39 Å². The van der Waals surface area contributed by atoms with Crippen molar-refractivity contribution < 1.29 is 9.13 Å². The van der Waals surface area contributed by atoms with Crippen molar-refractivity contribution >= 4 is 0 Å². The molecule has 0 saturated carbocycles. The summed E-state index contributed by atoms with van der Waals surface area (Å²) >= 11 is 0. The third kappa shape index (κ3) is 2.04. The van der Waals surface area contributed by atoms with Crippen molar-refractivity contribution in [3.63, 3.8) is 0 Å². The largest absolute Gasteiger partial charge is 0.496 e. The average molecular weight is 197 g/mol. The summed E-state index contributed by atoms with van der Waals surface area (Å²) in [5.41, 5.74) is 6.92. The van der Waals surface area contributed by atoms with Crippen molar-refractivity contribution in [2.24, 2.45) is 5.73 Å². The van der Waals surface area contributed by atoms with E-state index < -0.39 is 0 Å². The minimum atomic E-state index is -0.207. The molecule has 0 saturated heterocycles. The van der Waals surface area contributed by atoms with E-state index in [-0.39, 0.29) is 11.7 Å². The van der Waals surface area contributed by atoms with Crippen LogP contribution in [0, 0.1) is 12.7 Å². The third-order valence-corrected chi connectivity index (χ3v) is 2.40. The fourth-order valence-electron chi connectivity index (χ4n) is 1.39. The molecule has 2 N–H and O–H groups in total. The molecule has 1 atom stereocenters. The summed E-state index contributed by atoms with van der Waals surface area (Å²) in [6.45, 7) is 4.15. The smallest absolute Gasteiger partial charge is 0.127 e. The van der Waals surface area contributed by atoms with Gasteiger partial charge in [0.1, 0.15) is 11.6 Å². The molecular formula is C11H16FNO. The third-order valence-electron chi connectivity index (χ3n) is 2.40. The first-order valence-electron chi connectivity index (χ1n) is 4.64. The van der Waals surface area contributed by atoms with Crippen LogP contribution in [0.4, 0.5) is 4.39 Å². The number of aryl methyl sites for hydroxylation is 1. The number of methoxy groups -OCH3 is 1. The molecule has 1 aromatic rings. The first kappa shape index (κ1) is 11.0. The molecule has 0 aliphatic carbocycles. The number of rotatable bonds is 3. The van der Waals surface area contributed by atoms with Crippen LogP contribution in [0.1, 0.15) is 24.0 Å². The highest BCUT2D eigenvalue weighted by Gasteiger charge is 2.12. The molecule has 78 valence electrons. The second-order valence-electron chi connectivity index (χ2n) is 3.48. The van der Waals surface area contributed by atoms with Crippen molar-refractivity contribution in [1.82, 2.24) is 0 Å². The first-order chi connectivity index (χ1) is 6.60. The second kappa shape index (κ2) is 4.42. The van der Waals surface area contributed by atoms with Crippen molar-refractivity contribution in [2.75, 3.05) is 13.7 Å². The zero-order chi connectivity index (χ0) is 10.7. The predicted octanol–water partition coefficient (Wildman–Crippen LogP) is 2.20. The molecule has 0 aromatic heterocycles. The van der Waals surface area contributed by atoms with Crippen molar-refractivity contribution in [2.45, 2.75) is 19.8 Å². The quantitative estimate of drug-likeness (QED) is 0.806. The minimum absolute atomic E-state index is 0.0181. The molecule has 0 aliphatic rings. The zero-order valence-electron chi connectivity index (χ0n) is 8.80. The van der Waals surface area contributed by atoms with E-state index in [0.29, 0.717) is 17.9 Å². The number of nitrogens with two attached hydrogens (primary N) is 1. The molecule has 14 heavy (non-hydrogen) atoms. The van der Waals surface area contributed by atoms with E-state index in [4.69, 9.17) is 10.5 Å². The number of benzene rings is 1. The molecule has 1 aromatic carbocycles. The topological polar surface area (TPSA) is 35.2 Å². The molecular weight excluding hydrogens is 181 g/mol. The molecule has 0 fully saturated rings. The molecule has 0 heterocycles. The summed E-state index contributed by atoms with van der Waals surface area (Å²) in [4.78, 5) is 0. The molecule has 2 nitrogen and oxygen atoms in total. The Balaban J connectivity index is 3.17. The highest BCUT2D eigenvalue weighted by Crippen LogP contribution is 2.26. The van der Waals surface area contributed by atoms with Gasteiger partial charge in [0.15, 0.2) is 0 Å². The van der Waals surface area contributed by atoms with Crippen molar-refractivity contribution in [1.29, 1.82) is 0 Å². The monoisotopic (exact) mass is 197 g/mol. The lowest BCUT2D eigenvalue weighted by molar-refractivity contribution is 0.409. The SMILES string of the molecule is COc1cc(C(C)CN)c(F)cc1C. The van der Waals surface area contributed by atoms with E-state index in [1.807, 2.05) is 13.8 Å². The molecule has 0 aliphatic heterocycles. The van der Waals surface area contributed by atoms with Gasteiger partial charge in [-0.15, -0.1) is 0 Å². The molecule has 0 spiro atoms. The molecule has 1 rings (SSSR count). The maximum absolute atomic E-state index is 13.5. The summed E-state index contributed by atoms with van der Waals surface area (Å²) < 4.78 is 18.6. The maximum Gasteiger partial charge on any atom is 0.127 e. The van der Waals surface area contributed by atoms with E-state index in [1.54, 1.807) is 13.2 Å². The van der Waals surface area contributed by atoms with Crippen molar-refractivity contribution in [3.05, 3.63) is 29.1 Å². The number of hydrogen-bond donors (Lipinski definition) is 1. The van der Waals surface area contributed by atoms with E-state index in [1.165, 1.54) is 6.07 Å². The summed E-state index contributed by atoms with van der Waals surface area (Å²) in [6.07, 6.45) is 0. The fraction of sp³-hybridized carbons (Fsp3) is 0.455. The van der Waals surface area contributed by atoms with Crippen LogP contribution in [0.2, 0.25) is 0 Å². The average Bonchev–Trinajstić information content (AvgIpc) is 2.17. The van der Waals surface area contributed by atoms with Gasteiger partial charge >= 0.3 is 0 Å². The molecule has 0 radical (unpaired) electrons. The van der Waals surface area contributed by atoms with Gasteiger partial charge in [-0.1, -0.05) is 6.92 Å². The van der Waals surface area contributed by atoms with Gasteiger partial charge < -0.3 is 10.5 Å². The van der Waals surface area contributed by atoms with E-state index in [0.717, 1.165) is 5.56 Å². The molecule has 0 amide bonds. The fourth-order valence-corrected chi connectivity index (χ4v) is 1.39. The van der Waals surface area contributed by atoms with Crippen LogP contribution in [-0.4, -0.2) is 13.7 Å². The van der Waals surface area contributed by atoms with Gasteiger partial charge in [0, 0.05) is 0 Å². The Hall–Kier alpha value is -1.09. The van der Waals surface area contributed by atoms with Crippen LogP contribution < -0.4 is 10.5 Å². The van der Waals surface area contributed by atoms with E-state index >= 15 is 0 Å². The highest BCUT2D eigenvalue weighted by atomic mass is 19.1. The van der Waals surface area contributed by atoms with E-state index in [9.17, 15) is 4.39 Å². The molecule has 1 unspecified atom stereocenters. The Kier molecular flexibility index (Phi) is 3.47. The van der Waals surface area contributed by atoms with Gasteiger partial charge in [-0.3, -0.25) is 0 Å². The van der Waals surface area contributed by atoms with Crippen molar-refractivity contribution in [3.8, 4) is 5.75 Å². The minimum Gasteiger partial charge on any atom is -0.496 e. The normalized spacial score (nSPS) is 12.6. The standard InChI is InChI=1S/C11H16FNO/c1-7-4-10(12)9(8(2)6-13)5-11(7)14-3/h4-5,8H,6,13H2,1-3H3. The highest BCUT2D eigenvalue weighted by molar-refractivity contribution is 5.39. The molecule has 3 heteroatoms. The van der Waals surface area contributed by atoms with Gasteiger partial charge in [0.05, 0.1) is 7.11 Å². The lowest BCUT2D eigenvalue weighted by Gasteiger charge is -2.13. The summed E-state index contributed by atoms with van der Waals surface area (Å²) in [5, 5.41) is 0. The summed E-state index contributed by atoms with van der Waals surface area (Å²) in [7, 11) is 1.58. The van der Waals surface area contributed by atoms with Crippen LogP contribution in [0.15, 0.2) is 12.1 Å². The number of ether oxygens (including phenoxy) is 1. The Morgan fingerprint density at radius 3 is 2.64 bits per heavy atom. The summed E-state index contributed by atoms with van der Waals surface area (Å²) in [6, 6.07) is 3.21. The Bertz CT molecular complexity index is 325. The number of hydrogen-bond acceptors (Lipinski definition) is 2. The van der Waals surface area contributed by atoms with Crippen LogP contribution in [0.3, 0.4) is 0 Å². The van der Waals surface area contributed by atoms with Gasteiger partial charge in [-0.05, 0) is 42.6 Å². The maximum atomic E-state index is 13.5. The van der Waals surface area contributed by atoms with Gasteiger partial charge in [0.2, 0.25) is 0 Å². The van der Waals surface area contributed by atoms with Crippen LogP contribution in [0.25, 0.3) is 0 Å². The second-order valence-corrected chi connectivity index (χ2v) is 3.48. The van der Waals surface area contributed by atoms with Crippen LogP contribution in [-0.2, 0) is 0 Å². The van der Waals surface area contributed by atoms with Gasteiger partial charge in [0.25, 0.3) is 0 Å². The Morgan fingerprint density at radius 1 is 1.50 bits per heavy atom. The van der Waals surface area contributed by atoms with Gasteiger partial charge in [-0.2, -0.15) is 0 Å². The first-order valence-corrected chi connectivity index (χ1v) is 4.64. The Morgan fingerprint density at radius 2 is 2.14 bits per heavy atom. The van der Waals surface area contributed by atoms with Crippen LogP contribution in [0.5, 0.6) is 5.75 Å². The molecule has 0 bridgehead atoms. The van der Waals surface area contributed by atoms with Crippen LogP contribution >= 0.6 is 0 Å². The Labute approximate surface area is 83.9 Å².